The second kappa shape index (κ2) is 22.1. The van der Waals surface area contributed by atoms with E-state index in [2.05, 4.69) is 10.6 Å². The zero-order valence-corrected chi connectivity index (χ0v) is 39.0. The van der Waals surface area contributed by atoms with E-state index in [1.807, 2.05) is 60.7 Å². The molecule has 3 atom stereocenters. The number of anilines is 2. The third-order valence-corrected chi connectivity index (χ3v) is 13.7. The first-order valence-electron chi connectivity index (χ1n) is 22.9. The third-order valence-electron chi connectivity index (χ3n) is 13.7. The summed E-state index contributed by atoms with van der Waals surface area (Å²) < 4.78 is 15.5. The maximum absolute atomic E-state index is 13.6. The quantitative estimate of drug-likeness (QED) is 0.0550. The molecular weight excluding hydrogens is 855 g/mol. The molecule has 1 saturated heterocycles. The minimum atomic E-state index is -1.13. The largest absolute Gasteiger partial charge is 0.497 e. The number of esters is 1. The standard InChI is InChI=1S/C28H33N3O6.C24H30N2O4/c1-18-24(32)31(27(36)30(18)2)21-11-7-19(8-12-21)17-23(25(33)34)29-26(35)28(15-5-4-6-16-28)20-9-13-22(37-3)14-10-20;1-29-20-12-8-18(9-13-20)24(14-4-3-5-15-24)23(28)26-21(22(27)30-2)16-17-6-10-19(25)11-7-17/h7-14,18,23H,4-6,15-17H2,1-3H3,(H,29,35)(H,33,34);6-13,21H,3-5,14-16,25H2,1-2H3,(H,26,28). The first-order chi connectivity index (χ1) is 32.2. The van der Waals surface area contributed by atoms with Gasteiger partial charge in [-0.25, -0.2) is 19.3 Å². The topological polar surface area (TPSA) is 207 Å². The Bertz CT molecular complexity index is 2340. The number of benzene rings is 4. The summed E-state index contributed by atoms with van der Waals surface area (Å²) in [6.45, 7) is 1.67. The van der Waals surface area contributed by atoms with Crippen molar-refractivity contribution in [1.29, 1.82) is 0 Å². The van der Waals surface area contributed by atoms with Crippen LogP contribution in [0.5, 0.6) is 11.5 Å². The van der Waals surface area contributed by atoms with Gasteiger partial charge in [-0.05, 0) is 103 Å². The fourth-order valence-corrected chi connectivity index (χ4v) is 9.47. The van der Waals surface area contributed by atoms with Gasteiger partial charge in [0, 0.05) is 25.6 Å². The number of carboxylic acids is 1. The highest BCUT2D eigenvalue weighted by Crippen LogP contribution is 2.42. The number of urea groups is 1. The Morgan fingerprint density at radius 1 is 0.657 bits per heavy atom. The zero-order valence-electron chi connectivity index (χ0n) is 39.0. The van der Waals surface area contributed by atoms with Crippen LogP contribution in [-0.4, -0.2) is 92.2 Å². The fourth-order valence-electron chi connectivity index (χ4n) is 9.47. The lowest BCUT2D eigenvalue weighted by Crippen LogP contribution is -2.52. The molecule has 5 N–H and O–H groups in total. The summed E-state index contributed by atoms with van der Waals surface area (Å²) in [7, 11) is 6.12. The first kappa shape index (κ1) is 49.5. The Morgan fingerprint density at radius 2 is 1.07 bits per heavy atom. The molecule has 5 amide bonds. The van der Waals surface area contributed by atoms with Crippen molar-refractivity contribution in [2.75, 3.05) is 39.0 Å². The number of likely N-dealkylation sites (N-methyl/N-ethyl adjacent to an activating group) is 1. The summed E-state index contributed by atoms with van der Waals surface area (Å²) in [6.07, 6.45) is 9.08. The number of rotatable bonds is 15. The SMILES string of the molecule is COC(=O)C(Cc1ccc(N)cc1)NC(=O)C1(c2ccc(OC)cc2)CCCCC1.COc1ccc(C2(C(=O)NC(Cc3ccc(N4C(=O)C(C)N(C)C4=O)cc3)C(=O)O)CCCCC2)cc1. The fraction of sp³-hybridized carbons (Fsp3) is 0.423. The molecule has 15 nitrogen and oxygen atoms in total. The maximum atomic E-state index is 13.6. The Kier molecular flexibility index (Phi) is 16.3. The molecule has 0 bridgehead atoms. The summed E-state index contributed by atoms with van der Waals surface area (Å²) in [5.74, 6) is -0.863. The zero-order chi connectivity index (χ0) is 48.3. The normalized spacial score (nSPS) is 18.4. The van der Waals surface area contributed by atoms with E-state index in [4.69, 9.17) is 19.9 Å². The summed E-state index contributed by atoms with van der Waals surface area (Å²) in [6, 6.07) is 26.1. The van der Waals surface area contributed by atoms with E-state index in [-0.39, 0.29) is 24.1 Å². The number of aliphatic carboxylic acids is 1. The minimum Gasteiger partial charge on any atom is -0.497 e. The molecule has 7 rings (SSSR count). The van der Waals surface area contributed by atoms with E-state index in [0.717, 1.165) is 78.7 Å². The number of nitrogens with zero attached hydrogens (tertiary/aromatic N) is 2. The first-order valence-corrected chi connectivity index (χ1v) is 22.9. The van der Waals surface area contributed by atoms with Crippen LogP contribution in [0.15, 0.2) is 97.1 Å². The van der Waals surface area contributed by atoms with Crippen molar-refractivity contribution < 1.29 is 48.1 Å². The highest BCUT2D eigenvalue weighted by Gasteiger charge is 2.45. The van der Waals surface area contributed by atoms with Crippen LogP contribution in [0, 0.1) is 0 Å². The summed E-state index contributed by atoms with van der Waals surface area (Å²) >= 11 is 0. The lowest BCUT2D eigenvalue weighted by Gasteiger charge is -2.37. The van der Waals surface area contributed by atoms with Crippen molar-refractivity contribution in [2.24, 2.45) is 0 Å². The van der Waals surface area contributed by atoms with Crippen molar-refractivity contribution in [1.82, 2.24) is 15.5 Å². The average Bonchev–Trinajstić information content (AvgIpc) is 3.55. The van der Waals surface area contributed by atoms with Crippen molar-refractivity contribution in [3.05, 3.63) is 119 Å². The average molecular weight is 918 g/mol. The highest BCUT2D eigenvalue weighted by atomic mass is 16.5. The predicted molar refractivity (Wildman–Crippen MR) is 254 cm³/mol. The molecule has 1 heterocycles. The number of hydrogen-bond donors (Lipinski definition) is 4. The predicted octanol–water partition coefficient (Wildman–Crippen LogP) is 6.88. The van der Waals surface area contributed by atoms with Gasteiger partial charge < -0.3 is 40.6 Å². The monoisotopic (exact) mass is 917 g/mol. The molecular formula is C52H63N5O10. The summed E-state index contributed by atoms with van der Waals surface area (Å²) in [5, 5.41) is 15.7. The molecule has 0 spiro atoms. The maximum Gasteiger partial charge on any atom is 0.331 e. The highest BCUT2D eigenvalue weighted by molar-refractivity contribution is 6.21. The van der Waals surface area contributed by atoms with E-state index in [1.54, 1.807) is 64.6 Å². The van der Waals surface area contributed by atoms with Crippen molar-refractivity contribution in [3.63, 3.8) is 0 Å². The van der Waals surface area contributed by atoms with Gasteiger partial charge in [0.2, 0.25) is 11.8 Å². The molecule has 1 aliphatic heterocycles. The molecule has 67 heavy (non-hydrogen) atoms. The smallest absolute Gasteiger partial charge is 0.331 e. The molecule has 356 valence electrons. The molecule has 4 aromatic rings. The van der Waals surface area contributed by atoms with E-state index in [1.165, 1.54) is 12.0 Å². The molecule has 2 saturated carbocycles. The van der Waals surface area contributed by atoms with Crippen LogP contribution in [0.2, 0.25) is 0 Å². The lowest BCUT2D eigenvalue weighted by atomic mass is 9.68. The van der Waals surface area contributed by atoms with Gasteiger partial charge in [-0.15, -0.1) is 0 Å². The van der Waals surface area contributed by atoms with Gasteiger partial charge in [0.25, 0.3) is 5.91 Å². The molecule has 3 unspecified atom stereocenters. The number of carbonyl (C=O) groups is 6. The van der Waals surface area contributed by atoms with E-state index in [0.29, 0.717) is 42.0 Å². The van der Waals surface area contributed by atoms with Crippen LogP contribution in [0.1, 0.15) is 93.4 Å². The second-order valence-electron chi connectivity index (χ2n) is 17.7. The molecule has 2 aliphatic carbocycles. The van der Waals surface area contributed by atoms with Crippen LogP contribution in [0.3, 0.4) is 0 Å². The number of nitrogen functional groups attached to an aromatic ring is 1. The Labute approximate surface area is 392 Å². The Morgan fingerprint density at radius 3 is 1.46 bits per heavy atom. The van der Waals surface area contributed by atoms with Crippen LogP contribution >= 0.6 is 0 Å². The van der Waals surface area contributed by atoms with E-state index < -0.39 is 46.9 Å². The molecule has 4 aromatic carbocycles. The van der Waals surface area contributed by atoms with Gasteiger partial charge in [0.15, 0.2) is 0 Å². The third kappa shape index (κ3) is 11.2. The number of carbonyl (C=O) groups excluding carboxylic acids is 5. The number of methoxy groups -OCH3 is 3. The van der Waals surface area contributed by atoms with E-state index in [9.17, 15) is 33.9 Å². The van der Waals surface area contributed by atoms with Gasteiger partial charge >= 0.3 is 18.0 Å². The van der Waals surface area contributed by atoms with Crippen molar-refractivity contribution in [3.8, 4) is 11.5 Å². The van der Waals surface area contributed by atoms with E-state index >= 15 is 0 Å². The molecule has 3 aliphatic rings. The molecule has 0 radical (unpaired) electrons. The van der Waals surface area contributed by atoms with Crippen LogP contribution < -0.4 is 30.7 Å². The summed E-state index contributed by atoms with van der Waals surface area (Å²) in [5.41, 5.74) is 8.77. The van der Waals surface area contributed by atoms with Crippen LogP contribution in [-0.2, 0) is 52.4 Å². The van der Waals surface area contributed by atoms with Gasteiger partial charge in [0.1, 0.15) is 29.6 Å². The van der Waals surface area contributed by atoms with Crippen molar-refractivity contribution in [2.45, 2.75) is 113 Å². The summed E-state index contributed by atoms with van der Waals surface area (Å²) in [4.78, 5) is 79.2. The molecule has 15 heteroatoms. The van der Waals surface area contributed by atoms with Crippen LogP contribution in [0.25, 0.3) is 0 Å². The number of imide groups is 1. The second-order valence-corrected chi connectivity index (χ2v) is 17.7. The Hall–Kier alpha value is -6.90. The molecule has 3 fully saturated rings. The Balaban J connectivity index is 0.000000226. The number of ether oxygens (including phenoxy) is 3. The number of nitrogens with two attached hydrogens (primary N) is 1. The lowest BCUT2D eigenvalue weighted by molar-refractivity contribution is -0.146. The number of nitrogens with one attached hydrogen (secondary N) is 2. The van der Waals surface area contributed by atoms with Crippen molar-refractivity contribution >= 4 is 47.1 Å². The van der Waals surface area contributed by atoms with Gasteiger partial charge in [-0.1, -0.05) is 87.1 Å². The van der Waals surface area contributed by atoms with Gasteiger partial charge in [0.05, 0.1) is 37.8 Å². The van der Waals surface area contributed by atoms with Gasteiger partial charge in [-0.2, -0.15) is 0 Å². The number of carboxylic acid groups (broad SMARTS) is 1. The van der Waals surface area contributed by atoms with Crippen LogP contribution in [0.4, 0.5) is 16.2 Å². The number of amides is 5. The van der Waals surface area contributed by atoms with Gasteiger partial charge in [-0.3, -0.25) is 14.4 Å². The minimum absolute atomic E-state index is 0.0677. The molecule has 0 aromatic heterocycles. The number of hydrogen-bond acceptors (Lipinski definition) is 10.